The van der Waals surface area contributed by atoms with E-state index >= 15 is 0 Å². The Morgan fingerprint density at radius 2 is 1.56 bits per heavy atom. The van der Waals surface area contributed by atoms with Crippen LogP contribution in [0.2, 0.25) is 5.02 Å². The van der Waals surface area contributed by atoms with Gasteiger partial charge in [-0.1, -0.05) is 17.7 Å². The highest BCUT2D eigenvalue weighted by molar-refractivity contribution is 6.30. The summed E-state index contributed by atoms with van der Waals surface area (Å²) < 4.78 is 82.1. The van der Waals surface area contributed by atoms with Crippen LogP contribution in [0, 0.1) is 0 Å². The van der Waals surface area contributed by atoms with Crippen LogP contribution in [0.5, 0.6) is 5.75 Å². The maximum absolute atomic E-state index is 12.8. The van der Waals surface area contributed by atoms with Crippen LogP contribution in [0.25, 0.3) is 0 Å². The molecule has 3 nitrogen and oxygen atoms in total. The van der Waals surface area contributed by atoms with Crippen molar-refractivity contribution in [1.29, 1.82) is 0 Å². The van der Waals surface area contributed by atoms with Crippen molar-refractivity contribution >= 4 is 23.2 Å². The molecule has 0 aromatic heterocycles. The lowest BCUT2D eigenvalue weighted by molar-refractivity contribution is -0.143. The van der Waals surface area contributed by atoms with Crippen LogP contribution < -0.4 is 10.1 Å². The van der Waals surface area contributed by atoms with Gasteiger partial charge >= 0.3 is 12.4 Å². The second-order valence-corrected chi connectivity index (χ2v) is 5.94. The van der Waals surface area contributed by atoms with Crippen molar-refractivity contribution in [2.45, 2.75) is 25.4 Å². The maximum atomic E-state index is 12.8. The molecular formula is C17H12ClF6NO2. The summed E-state index contributed by atoms with van der Waals surface area (Å²) in [5.41, 5.74) is -2.77. The molecule has 0 saturated carbocycles. The first kappa shape index (κ1) is 20.9. The van der Waals surface area contributed by atoms with Gasteiger partial charge in [-0.05, 0) is 43.3 Å². The molecule has 1 N–H and O–H groups in total. The summed E-state index contributed by atoms with van der Waals surface area (Å²) >= 11 is 5.76. The number of rotatable bonds is 4. The fourth-order valence-electron chi connectivity index (χ4n) is 2.06. The molecule has 0 radical (unpaired) electrons. The number of nitrogens with one attached hydrogen (secondary N) is 1. The van der Waals surface area contributed by atoms with Crippen LogP contribution in [-0.4, -0.2) is 12.0 Å². The highest BCUT2D eigenvalue weighted by Gasteiger charge is 2.37. The van der Waals surface area contributed by atoms with Gasteiger partial charge in [-0.2, -0.15) is 26.3 Å². The second-order valence-electron chi connectivity index (χ2n) is 5.50. The van der Waals surface area contributed by atoms with Gasteiger partial charge in [0.25, 0.3) is 5.91 Å². The first-order valence-corrected chi connectivity index (χ1v) is 7.76. The highest BCUT2D eigenvalue weighted by atomic mass is 35.5. The Morgan fingerprint density at radius 3 is 2.04 bits per heavy atom. The van der Waals surface area contributed by atoms with Crippen molar-refractivity contribution in [2.24, 2.45) is 0 Å². The van der Waals surface area contributed by atoms with E-state index in [2.05, 4.69) is 5.32 Å². The number of carbonyl (C=O) groups excluding carboxylic acids is 1. The van der Waals surface area contributed by atoms with Gasteiger partial charge in [0.1, 0.15) is 5.75 Å². The van der Waals surface area contributed by atoms with Gasteiger partial charge in [0.05, 0.1) is 11.1 Å². The molecule has 0 aliphatic rings. The molecule has 0 bridgehead atoms. The van der Waals surface area contributed by atoms with Crippen molar-refractivity contribution in [3.8, 4) is 5.75 Å². The number of alkyl halides is 6. The molecular weight excluding hydrogens is 400 g/mol. The first-order valence-electron chi connectivity index (χ1n) is 7.39. The van der Waals surface area contributed by atoms with Crippen LogP contribution in [0.4, 0.5) is 32.0 Å². The highest BCUT2D eigenvalue weighted by Crippen LogP contribution is 2.38. The minimum atomic E-state index is -5.01. The Morgan fingerprint density at radius 1 is 1.00 bits per heavy atom. The Balaban J connectivity index is 2.23. The Hall–Kier alpha value is -2.42. The van der Waals surface area contributed by atoms with Gasteiger partial charge in [0.15, 0.2) is 6.10 Å². The fraction of sp³-hybridized carbons (Fsp3) is 0.235. The zero-order valence-corrected chi connectivity index (χ0v) is 14.3. The summed E-state index contributed by atoms with van der Waals surface area (Å²) in [6, 6.07) is 6.80. The second kappa shape index (κ2) is 7.67. The van der Waals surface area contributed by atoms with E-state index in [1.165, 1.54) is 19.1 Å². The van der Waals surface area contributed by atoms with E-state index < -0.39 is 41.2 Å². The normalized spacial score (nSPS) is 13.2. The van der Waals surface area contributed by atoms with E-state index in [9.17, 15) is 31.1 Å². The lowest BCUT2D eigenvalue weighted by atomic mass is 10.1. The monoisotopic (exact) mass is 411 g/mol. The van der Waals surface area contributed by atoms with E-state index in [0.29, 0.717) is 22.8 Å². The van der Waals surface area contributed by atoms with Crippen LogP contribution >= 0.6 is 11.6 Å². The maximum Gasteiger partial charge on any atom is 0.416 e. The first-order chi connectivity index (χ1) is 12.4. The Labute approximate surface area is 154 Å². The molecule has 0 heterocycles. The average molecular weight is 412 g/mol. The molecule has 0 aliphatic carbocycles. The molecule has 2 aromatic carbocycles. The van der Waals surface area contributed by atoms with Crippen molar-refractivity contribution in [2.75, 3.05) is 5.32 Å². The van der Waals surface area contributed by atoms with Gasteiger partial charge in [0, 0.05) is 10.7 Å². The zero-order valence-electron chi connectivity index (χ0n) is 13.6. The Bertz CT molecular complexity index is 803. The lowest BCUT2D eigenvalue weighted by Gasteiger charge is -2.18. The molecule has 27 heavy (non-hydrogen) atoms. The molecule has 2 aromatic rings. The summed E-state index contributed by atoms with van der Waals surface area (Å²) in [6.07, 6.45) is -11.4. The third-order valence-corrected chi connectivity index (χ3v) is 3.57. The summed E-state index contributed by atoms with van der Waals surface area (Å²) in [7, 11) is 0. The molecule has 0 saturated heterocycles. The van der Waals surface area contributed by atoms with E-state index in [1.807, 2.05) is 0 Å². The minimum absolute atomic E-state index is 0.0242. The summed E-state index contributed by atoms with van der Waals surface area (Å²) in [4.78, 5) is 12.1. The molecule has 10 heteroatoms. The van der Waals surface area contributed by atoms with E-state index in [0.717, 1.165) is 0 Å². The predicted octanol–water partition coefficient (Wildman–Crippen LogP) is 5.78. The quantitative estimate of drug-likeness (QED) is 0.647. The molecule has 2 rings (SSSR count). The van der Waals surface area contributed by atoms with E-state index in [1.54, 1.807) is 12.1 Å². The zero-order chi connectivity index (χ0) is 20.4. The lowest BCUT2D eigenvalue weighted by Crippen LogP contribution is -2.30. The average Bonchev–Trinajstić information content (AvgIpc) is 2.52. The number of hydrogen-bond donors (Lipinski definition) is 1. The largest absolute Gasteiger partial charge is 0.481 e. The number of halogens is 7. The molecule has 1 amide bonds. The predicted molar refractivity (Wildman–Crippen MR) is 86.6 cm³/mol. The molecule has 1 atom stereocenters. The number of ether oxygens (including phenoxy) is 1. The number of carbonyl (C=O) groups is 1. The number of anilines is 1. The molecule has 0 unspecified atom stereocenters. The van der Waals surface area contributed by atoms with E-state index in [-0.39, 0.29) is 6.07 Å². The number of benzene rings is 2. The third-order valence-electron chi connectivity index (χ3n) is 3.34. The molecule has 0 fully saturated rings. The topological polar surface area (TPSA) is 38.3 Å². The third kappa shape index (κ3) is 5.78. The van der Waals surface area contributed by atoms with Crippen molar-refractivity contribution in [3.05, 3.63) is 58.6 Å². The summed E-state index contributed by atoms with van der Waals surface area (Å²) in [5, 5.41) is 2.73. The number of hydrogen-bond acceptors (Lipinski definition) is 2. The SMILES string of the molecule is C[C@H](Oc1cc(C(F)(F)F)cc(C(F)(F)F)c1)C(=O)Nc1cccc(Cl)c1. The van der Waals surface area contributed by atoms with Crippen LogP contribution in [0.15, 0.2) is 42.5 Å². The van der Waals surface area contributed by atoms with Gasteiger partial charge in [-0.3, -0.25) is 4.79 Å². The number of amides is 1. The van der Waals surface area contributed by atoms with Crippen molar-refractivity contribution < 1.29 is 35.9 Å². The van der Waals surface area contributed by atoms with Crippen LogP contribution in [-0.2, 0) is 17.1 Å². The molecule has 146 valence electrons. The van der Waals surface area contributed by atoms with Gasteiger partial charge in [-0.25, -0.2) is 0 Å². The van der Waals surface area contributed by atoms with Crippen molar-refractivity contribution in [3.63, 3.8) is 0 Å². The smallest absolute Gasteiger partial charge is 0.416 e. The van der Waals surface area contributed by atoms with Crippen molar-refractivity contribution in [1.82, 2.24) is 0 Å². The molecule has 0 spiro atoms. The van der Waals surface area contributed by atoms with Crippen LogP contribution in [0.3, 0.4) is 0 Å². The Kier molecular flexibility index (Phi) is 5.94. The van der Waals surface area contributed by atoms with Gasteiger partial charge < -0.3 is 10.1 Å². The standard InChI is InChI=1S/C17H12ClF6NO2/c1-9(15(26)25-13-4-2-3-12(18)8-13)27-14-6-10(16(19,20)21)5-11(7-14)17(22,23)24/h2-9H,1H3,(H,25,26)/t9-/m0/s1. The molecule has 0 aliphatic heterocycles. The van der Waals surface area contributed by atoms with Gasteiger partial charge in [-0.15, -0.1) is 0 Å². The summed E-state index contributed by atoms with van der Waals surface area (Å²) in [6.45, 7) is 1.19. The summed E-state index contributed by atoms with van der Waals surface area (Å²) in [5.74, 6) is -1.51. The van der Waals surface area contributed by atoms with E-state index in [4.69, 9.17) is 16.3 Å². The van der Waals surface area contributed by atoms with Gasteiger partial charge in [0.2, 0.25) is 0 Å². The fourth-order valence-corrected chi connectivity index (χ4v) is 2.25. The van der Waals surface area contributed by atoms with Crippen LogP contribution in [0.1, 0.15) is 18.1 Å². The minimum Gasteiger partial charge on any atom is -0.481 e.